The highest BCUT2D eigenvalue weighted by molar-refractivity contribution is 6.36. The lowest BCUT2D eigenvalue weighted by atomic mass is 10.2. The summed E-state index contributed by atoms with van der Waals surface area (Å²) in [5, 5.41) is 0.507. The molecule has 1 aromatic rings. The van der Waals surface area contributed by atoms with Crippen molar-refractivity contribution in [2.75, 3.05) is 12.8 Å². The molecule has 1 aliphatic rings. The van der Waals surface area contributed by atoms with Gasteiger partial charge in [0.05, 0.1) is 12.5 Å². The molecular formula is C9H7N3O3. The van der Waals surface area contributed by atoms with Crippen LogP contribution >= 0.6 is 0 Å². The quantitative estimate of drug-likeness (QED) is 0.450. The van der Waals surface area contributed by atoms with Crippen molar-refractivity contribution in [1.82, 2.24) is 0 Å². The van der Waals surface area contributed by atoms with Crippen LogP contribution in [0.3, 0.4) is 0 Å². The summed E-state index contributed by atoms with van der Waals surface area (Å²) < 4.78 is 4.98. The van der Waals surface area contributed by atoms with Crippen LogP contribution in [0.2, 0.25) is 0 Å². The van der Waals surface area contributed by atoms with Crippen molar-refractivity contribution in [3.8, 4) is 5.75 Å². The Bertz CT molecular complexity index is 577. The Labute approximate surface area is 84.1 Å². The molecule has 2 rings (SSSR count). The Morgan fingerprint density at radius 1 is 1.20 bits per heavy atom. The lowest BCUT2D eigenvalue weighted by molar-refractivity contribution is -0.135. The minimum absolute atomic E-state index is 0.247. The van der Waals surface area contributed by atoms with E-state index in [0.717, 1.165) is 0 Å². The van der Waals surface area contributed by atoms with Crippen molar-refractivity contribution >= 4 is 17.5 Å². The summed E-state index contributed by atoms with van der Waals surface area (Å²) in [6.07, 6.45) is 0. The average Bonchev–Trinajstić information content (AvgIpc) is 2.19. The van der Waals surface area contributed by atoms with E-state index in [2.05, 4.69) is 9.98 Å². The highest BCUT2D eigenvalue weighted by atomic mass is 16.5. The Hall–Kier alpha value is -2.24. The Balaban J connectivity index is 2.88. The van der Waals surface area contributed by atoms with E-state index < -0.39 is 11.8 Å². The zero-order chi connectivity index (χ0) is 11.0. The van der Waals surface area contributed by atoms with Crippen LogP contribution in [0.25, 0.3) is 0 Å². The van der Waals surface area contributed by atoms with Crippen LogP contribution in [0.15, 0.2) is 22.1 Å². The Morgan fingerprint density at radius 3 is 2.53 bits per heavy atom. The smallest absolute Gasteiger partial charge is 0.338 e. The number of rotatable bonds is 1. The maximum Gasteiger partial charge on any atom is 0.338 e. The number of carbonyl (C=O) groups is 2. The van der Waals surface area contributed by atoms with Gasteiger partial charge in [-0.1, -0.05) is 0 Å². The van der Waals surface area contributed by atoms with Gasteiger partial charge in [-0.15, -0.1) is 0 Å². The third kappa shape index (κ3) is 1.45. The van der Waals surface area contributed by atoms with Crippen molar-refractivity contribution < 1.29 is 14.3 Å². The van der Waals surface area contributed by atoms with Gasteiger partial charge in [-0.3, -0.25) is 9.59 Å². The summed E-state index contributed by atoms with van der Waals surface area (Å²) in [6, 6.07) is 2.98. The second-order valence-corrected chi connectivity index (χ2v) is 2.92. The molecule has 76 valence electrons. The molecule has 0 aliphatic carbocycles. The molecule has 2 N–H and O–H groups in total. The fourth-order valence-corrected chi connectivity index (χ4v) is 1.27. The number of hydrogen-bond donors (Lipinski definition) is 1. The molecule has 0 bridgehead atoms. The minimum atomic E-state index is -0.898. The van der Waals surface area contributed by atoms with Gasteiger partial charge in [-0.25, -0.2) is 4.99 Å². The van der Waals surface area contributed by atoms with Crippen LogP contribution in [0, 0.1) is 0 Å². The van der Waals surface area contributed by atoms with Gasteiger partial charge in [-0.05, 0) is 6.07 Å². The molecule has 1 aliphatic heterocycles. The second-order valence-electron chi connectivity index (χ2n) is 2.92. The summed E-state index contributed by atoms with van der Waals surface area (Å²) in [4.78, 5) is 29.1. The van der Waals surface area contributed by atoms with Crippen molar-refractivity contribution in [3.05, 3.63) is 22.8 Å². The number of fused-ring (bicyclic) bond motifs is 1. The number of methoxy groups -OCH3 is 1. The third-order valence-corrected chi connectivity index (χ3v) is 1.92. The first kappa shape index (κ1) is 9.32. The van der Waals surface area contributed by atoms with Crippen LogP contribution in [0.4, 0.5) is 5.69 Å². The molecule has 0 saturated carbocycles. The first-order valence-electron chi connectivity index (χ1n) is 4.11. The number of ether oxygens (including phenoxy) is 1. The largest absolute Gasteiger partial charge is 0.494 e. The summed E-state index contributed by atoms with van der Waals surface area (Å²) in [5.74, 6) is -1.46. The number of hydrogen-bond acceptors (Lipinski definition) is 4. The fourth-order valence-electron chi connectivity index (χ4n) is 1.27. The third-order valence-electron chi connectivity index (χ3n) is 1.92. The van der Waals surface area contributed by atoms with E-state index >= 15 is 0 Å². The highest BCUT2D eigenvalue weighted by Gasteiger charge is 2.17. The molecule has 1 heterocycles. The van der Waals surface area contributed by atoms with Gasteiger partial charge in [0.2, 0.25) is 0 Å². The standard InChI is InChI=1S/C9H7N3O3/c1-15-6-3-4(10)2-5-7(6)12-9(14)8(13)11-5/h2-3H,10H2,1H3. The topological polar surface area (TPSA) is 94.1 Å². The number of nitrogens with two attached hydrogens (primary N) is 1. The average molecular weight is 205 g/mol. The van der Waals surface area contributed by atoms with Gasteiger partial charge in [0.25, 0.3) is 0 Å². The maximum absolute atomic E-state index is 11.0. The van der Waals surface area contributed by atoms with Gasteiger partial charge in [-0.2, -0.15) is 4.99 Å². The van der Waals surface area contributed by atoms with Gasteiger partial charge < -0.3 is 10.5 Å². The molecule has 0 unspecified atom stereocenters. The van der Waals surface area contributed by atoms with Crippen LogP contribution in [-0.2, 0) is 9.59 Å². The number of anilines is 1. The zero-order valence-corrected chi connectivity index (χ0v) is 7.85. The van der Waals surface area contributed by atoms with E-state index in [1.54, 1.807) is 0 Å². The lowest BCUT2D eigenvalue weighted by Gasteiger charge is -2.04. The first-order valence-corrected chi connectivity index (χ1v) is 4.11. The Morgan fingerprint density at radius 2 is 1.87 bits per heavy atom. The summed E-state index contributed by atoms with van der Waals surface area (Å²) in [6.45, 7) is 0. The molecule has 0 spiro atoms. The van der Waals surface area contributed by atoms with Crippen LogP contribution < -0.4 is 21.2 Å². The number of amides is 2. The molecule has 1 aromatic carbocycles. The van der Waals surface area contributed by atoms with Crippen LogP contribution in [0.5, 0.6) is 5.75 Å². The Kier molecular flexibility index (Phi) is 1.96. The molecule has 6 nitrogen and oxygen atoms in total. The molecule has 6 heteroatoms. The number of nitrogens with zero attached hydrogens (tertiary/aromatic N) is 2. The summed E-state index contributed by atoms with van der Waals surface area (Å²) >= 11 is 0. The first-order chi connectivity index (χ1) is 7.11. The van der Waals surface area contributed by atoms with Crippen molar-refractivity contribution in [1.29, 1.82) is 0 Å². The normalized spacial score (nSPS) is 13.9. The summed E-state index contributed by atoms with van der Waals surface area (Å²) in [7, 11) is 1.42. The van der Waals surface area contributed by atoms with Gasteiger partial charge in [0, 0.05) is 11.8 Å². The zero-order valence-electron chi connectivity index (χ0n) is 7.85. The number of benzene rings is 1. The molecule has 0 fully saturated rings. The van der Waals surface area contributed by atoms with E-state index in [0.29, 0.717) is 11.4 Å². The van der Waals surface area contributed by atoms with Crippen molar-refractivity contribution in [2.45, 2.75) is 0 Å². The second kappa shape index (κ2) is 3.16. The molecule has 15 heavy (non-hydrogen) atoms. The predicted octanol–water partition coefficient (Wildman–Crippen LogP) is -1.42. The lowest BCUT2D eigenvalue weighted by Crippen LogP contribution is -2.35. The molecule has 0 radical (unpaired) electrons. The van der Waals surface area contributed by atoms with Gasteiger partial charge in [0.15, 0.2) is 0 Å². The van der Waals surface area contributed by atoms with Crippen molar-refractivity contribution in [2.24, 2.45) is 9.98 Å². The molecule has 2 amide bonds. The molecule has 0 saturated heterocycles. The number of nitrogen functional groups attached to an aromatic ring is 1. The molecule has 0 aromatic heterocycles. The summed E-state index contributed by atoms with van der Waals surface area (Å²) in [5.41, 5.74) is 5.96. The van der Waals surface area contributed by atoms with Crippen molar-refractivity contribution in [3.63, 3.8) is 0 Å². The van der Waals surface area contributed by atoms with Gasteiger partial charge in [0.1, 0.15) is 11.1 Å². The fraction of sp³-hybridized carbons (Fsp3) is 0.111. The highest BCUT2D eigenvalue weighted by Crippen LogP contribution is 2.06. The van der Waals surface area contributed by atoms with E-state index in [1.807, 2.05) is 0 Å². The van der Waals surface area contributed by atoms with E-state index in [9.17, 15) is 9.59 Å². The van der Waals surface area contributed by atoms with E-state index in [4.69, 9.17) is 10.5 Å². The van der Waals surface area contributed by atoms with Gasteiger partial charge >= 0.3 is 11.8 Å². The SMILES string of the molecule is COc1cc(N)cc2c1=NC(=O)C(=O)N=2. The van der Waals surface area contributed by atoms with Crippen LogP contribution in [0.1, 0.15) is 0 Å². The molecular weight excluding hydrogens is 198 g/mol. The van der Waals surface area contributed by atoms with Crippen LogP contribution in [-0.4, -0.2) is 18.9 Å². The van der Waals surface area contributed by atoms with E-state index in [-0.39, 0.29) is 10.7 Å². The predicted molar refractivity (Wildman–Crippen MR) is 49.7 cm³/mol. The molecule has 0 atom stereocenters. The van der Waals surface area contributed by atoms with E-state index in [1.165, 1.54) is 19.2 Å². The monoisotopic (exact) mass is 205 g/mol. The minimum Gasteiger partial charge on any atom is -0.494 e. The maximum atomic E-state index is 11.0. The number of carbonyl (C=O) groups excluding carboxylic acids is 2.